The Kier molecular flexibility index (Phi) is 5.92. The topological polar surface area (TPSA) is 108 Å². The molecule has 29 heavy (non-hydrogen) atoms. The third kappa shape index (κ3) is 4.92. The molecule has 1 aromatic heterocycles. The van der Waals surface area contributed by atoms with E-state index < -0.39 is 38.6 Å². The van der Waals surface area contributed by atoms with Crippen LogP contribution in [0.25, 0.3) is 0 Å². The molecule has 0 radical (unpaired) electrons. The van der Waals surface area contributed by atoms with Gasteiger partial charge in [0.15, 0.2) is 0 Å². The first-order valence-corrected chi connectivity index (χ1v) is 10.1. The number of sulfone groups is 1. The van der Waals surface area contributed by atoms with Gasteiger partial charge in [-0.05, 0) is 36.8 Å². The number of β-amino-alcohol motifs (C(OH)–C–C–N with tert-alkyl or cyclic N) is 1. The molecule has 2 atom stereocenters. The van der Waals surface area contributed by atoms with Crippen LogP contribution in [0.3, 0.4) is 0 Å². The number of alkyl halides is 3. The Morgan fingerprint density at radius 1 is 1.24 bits per heavy atom. The van der Waals surface area contributed by atoms with E-state index in [4.69, 9.17) is 0 Å². The van der Waals surface area contributed by atoms with E-state index in [2.05, 4.69) is 15.6 Å². The van der Waals surface area contributed by atoms with Crippen molar-refractivity contribution >= 4 is 15.7 Å². The minimum Gasteiger partial charge on any atom is -0.392 e. The molecular weight excluding hydrogens is 411 g/mol. The van der Waals surface area contributed by atoms with Gasteiger partial charge >= 0.3 is 6.18 Å². The van der Waals surface area contributed by atoms with Gasteiger partial charge in [-0.15, -0.1) is 0 Å². The molecule has 3 N–H and O–H groups in total. The van der Waals surface area contributed by atoms with E-state index in [1.807, 2.05) is 0 Å². The van der Waals surface area contributed by atoms with Crippen LogP contribution in [0.1, 0.15) is 17.7 Å². The van der Waals surface area contributed by atoms with Gasteiger partial charge in [0.05, 0.1) is 39.7 Å². The van der Waals surface area contributed by atoms with E-state index >= 15 is 0 Å². The summed E-state index contributed by atoms with van der Waals surface area (Å²) in [6, 6.07) is 5.31. The zero-order valence-corrected chi connectivity index (χ0v) is 15.8. The van der Waals surface area contributed by atoms with Crippen molar-refractivity contribution in [3.8, 4) is 0 Å². The lowest BCUT2D eigenvalue weighted by Crippen LogP contribution is -2.40. The Labute approximate surface area is 164 Å². The van der Waals surface area contributed by atoms with Crippen molar-refractivity contribution < 1.29 is 31.5 Å². The summed E-state index contributed by atoms with van der Waals surface area (Å²) < 4.78 is 64.1. The summed E-state index contributed by atoms with van der Waals surface area (Å²) in [4.78, 5) is 15.3. The molecule has 2 heterocycles. The first kappa shape index (κ1) is 21.2. The summed E-state index contributed by atoms with van der Waals surface area (Å²) in [5, 5.41) is 14.9. The van der Waals surface area contributed by atoms with E-state index in [0.717, 1.165) is 18.2 Å². The van der Waals surface area contributed by atoms with Gasteiger partial charge in [-0.2, -0.15) is 13.2 Å². The summed E-state index contributed by atoms with van der Waals surface area (Å²) in [6.07, 6.45) is -3.80. The smallest absolute Gasteiger partial charge is 0.392 e. The van der Waals surface area contributed by atoms with E-state index in [0.29, 0.717) is 12.6 Å². The maximum Gasteiger partial charge on any atom is 0.416 e. The summed E-state index contributed by atoms with van der Waals surface area (Å²) in [6.45, 7) is 0.236. The van der Waals surface area contributed by atoms with Crippen molar-refractivity contribution in [2.24, 2.45) is 0 Å². The number of aliphatic hydroxyl groups is 1. The number of aromatic nitrogens is 1. The third-order valence-electron chi connectivity index (χ3n) is 4.44. The molecule has 11 heteroatoms. The number of benzene rings is 1. The van der Waals surface area contributed by atoms with Gasteiger partial charge in [-0.3, -0.25) is 9.78 Å². The normalized spacial score (nSPS) is 19.9. The highest BCUT2D eigenvalue weighted by atomic mass is 32.2. The first-order valence-electron chi connectivity index (χ1n) is 8.64. The van der Waals surface area contributed by atoms with Gasteiger partial charge in [-0.1, -0.05) is 6.07 Å². The van der Waals surface area contributed by atoms with E-state index in [1.165, 1.54) is 18.3 Å². The zero-order chi connectivity index (χ0) is 21.2. The van der Waals surface area contributed by atoms with Crippen molar-refractivity contribution in [3.05, 3.63) is 53.9 Å². The van der Waals surface area contributed by atoms with Crippen LogP contribution in [0.2, 0.25) is 0 Å². The number of nitrogens with one attached hydrogen (secondary N) is 2. The fraction of sp³-hybridized carbons (Fsp3) is 0.333. The van der Waals surface area contributed by atoms with Gasteiger partial charge in [0.1, 0.15) is 0 Å². The fourth-order valence-corrected chi connectivity index (χ4v) is 4.26. The number of hydrogen-bond donors (Lipinski definition) is 3. The van der Waals surface area contributed by atoms with Crippen LogP contribution in [-0.2, 0) is 27.4 Å². The molecular formula is C18H18F3N3O4S. The van der Waals surface area contributed by atoms with E-state index in [9.17, 15) is 31.5 Å². The van der Waals surface area contributed by atoms with Crippen LogP contribution >= 0.6 is 0 Å². The summed E-state index contributed by atoms with van der Waals surface area (Å²) in [7, 11) is -4.20. The second-order valence-corrected chi connectivity index (χ2v) is 8.53. The molecule has 1 amide bonds. The Morgan fingerprint density at radius 3 is 2.62 bits per heavy atom. The largest absolute Gasteiger partial charge is 0.416 e. The van der Waals surface area contributed by atoms with Crippen LogP contribution < -0.4 is 10.6 Å². The van der Waals surface area contributed by atoms with Crippen LogP contribution in [0.5, 0.6) is 0 Å². The monoisotopic (exact) mass is 429 g/mol. The van der Waals surface area contributed by atoms with Crippen molar-refractivity contribution in [1.82, 2.24) is 15.6 Å². The van der Waals surface area contributed by atoms with Crippen LogP contribution in [-0.4, -0.2) is 43.1 Å². The summed E-state index contributed by atoms with van der Waals surface area (Å²) in [5.74, 6) is -0.366. The number of hydrogen-bond acceptors (Lipinski definition) is 6. The Bertz CT molecular complexity index is 1010. The standard InChI is InChI=1S/C18H18F3N3O4S/c19-18(20,21)11-2-1-3-14(6-11)29(27,28)15-4-5-22-12(7-15)9-24-17(26)16-8-13(25)10-23-16/h1-7,13,16,23,25H,8-10H2,(H,24,26). The van der Waals surface area contributed by atoms with Gasteiger partial charge in [0.25, 0.3) is 0 Å². The Hall–Kier alpha value is -2.50. The minimum absolute atomic E-state index is 0.0704. The van der Waals surface area contributed by atoms with Crippen molar-refractivity contribution in [2.45, 2.75) is 41.1 Å². The van der Waals surface area contributed by atoms with Crippen LogP contribution in [0.4, 0.5) is 13.2 Å². The number of amides is 1. The van der Waals surface area contributed by atoms with Crippen molar-refractivity contribution in [3.63, 3.8) is 0 Å². The number of aliphatic hydroxyl groups excluding tert-OH is 1. The molecule has 1 aliphatic heterocycles. The minimum atomic E-state index is -4.67. The average molecular weight is 429 g/mol. The van der Waals surface area contributed by atoms with Crippen molar-refractivity contribution in [1.29, 1.82) is 0 Å². The molecule has 7 nitrogen and oxygen atoms in total. The molecule has 2 unspecified atom stereocenters. The number of nitrogens with zero attached hydrogens (tertiary/aromatic N) is 1. The number of rotatable bonds is 5. The highest BCUT2D eigenvalue weighted by molar-refractivity contribution is 7.91. The molecule has 0 bridgehead atoms. The second-order valence-electron chi connectivity index (χ2n) is 6.58. The number of carbonyl (C=O) groups is 1. The quantitative estimate of drug-likeness (QED) is 0.661. The lowest BCUT2D eigenvalue weighted by Gasteiger charge is -2.12. The SMILES string of the molecule is O=C(NCc1cc(S(=O)(=O)c2cccc(C(F)(F)F)c2)ccn1)C1CC(O)CN1. The molecule has 0 spiro atoms. The Morgan fingerprint density at radius 2 is 1.97 bits per heavy atom. The lowest BCUT2D eigenvalue weighted by molar-refractivity contribution is -0.137. The fourth-order valence-electron chi connectivity index (χ4n) is 2.91. The third-order valence-corrected chi connectivity index (χ3v) is 6.19. The van der Waals surface area contributed by atoms with Gasteiger partial charge in [0, 0.05) is 12.7 Å². The molecule has 0 saturated carbocycles. The number of pyridine rings is 1. The van der Waals surface area contributed by atoms with Crippen LogP contribution in [0.15, 0.2) is 52.4 Å². The highest BCUT2D eigenvalue weighted by Gasteiger charge is 2.32. The summed E-state index contributed by atoms with van der Waals surface area (Å²) >= 11 is 0. The average Bonchev–Trinajstić information content (AvgIpc) is 3.12. The van der Waals surface area contributed by atoms with Crippen LogP contribution in [0, 0.1) is 0 Å². The second kappa shape index (κ2) is 8.09. The zero-order valence-electron chi connectivity index (χ0n) is 15.0. The maximum absolute atomic E-state index is 12.9. The van der Waals surface area contributed by atoms with E-state index in [1.54, 1.807) is 0 Å². The molecule has 3 rings (SSSR count). The van der Waals surface area contributed by atoms with Crippen molar-refractivity contribution in [2.75, 3.05) is 6.54 Å². The maximum atomic E-state index is 12.9. The molecule has 1 aliphatic rings. The number of halogens is 3. The van der Waals surface area contributed by atoms with Gasteiger partial charge in [0.2, 0.25) is 15.7 Å². The molecule has 1 fully saturated rings. The summed E-state index contributed by atoms with van der Waals surface area (Å²) in [5.41, 5.74) is -0.837. The predicted molar refractivity (Wildman–Crippen MR) is 95.4 cm³/mol. The van der Waals surface area contributed by atoms with Gasteiger partial charge in [-0.25, -0.2) is 8.42 Å². The highest BCUT2D eigenvalue weighted by Crippen LogP contribution is 2.31. The molecule has 1 aromatic carbocycles. The molecule has 0 aliphatic carbocycles. The molecule has 156 valence electrons. The first-order chi connectivity index (χ1) is 13.6. The predicted octanol–water partition coefficient (Wildman–Crippen LogP) is 1.27. The Balaban J connectivity index is 1.77. The number of carbonyl (C=O) groups excluding carboxylic acids is 1. The lowest BCUT2D eigenvalue weighted by atomic mass is 10.2. The molecule has 2 aromatic rings. The van der Waals surface area contributed by atoms with E-state index in [-0.39, 0.29) is 29.5 Å². The molecule has 1 saturated heterocycles. The van der Waals surface area contributed by atoms with Gasteiger partial charge < -0.3 is 15.7 Å².